The van der Waals surface area contributed by atoms with Crippen LogP contribution in [0, 0.1) is 10.1 Å². The zero-order chi connectivity index (χ0) is 14.0. The number of amides is 1. The molecule has 1 aromatic heterocycles. The van der Waals surface area contributed by atoms with Gasteiger partial charge in [0.1, 0.15) is 5.75 Å². The van der Waals surface area contributed by atoms with Gasteiger partial charge in [-0.2, -0.15) is 0 Å². The average molecular weight is 343 g/mol. The number of rotatable bonds is 3. The van der Waals surface area contributed by atoms with E-state index in [-0.39, 0.29) is 17.1 Å². The van der Waals surface area contributed by atoms with Crippen molar-refractivity contribution in [3.63, 3.8) is 0 Å². The summed E-state index contributed by atoms with van der Waals surface area (Å²) in [6, 6.07) is 5.40. The van der Waals surface area contributed by atoms with Gasteiger partial charge in [-0.25, -0.2) is 0 Å². The number of para-hydroxylation sites is 1. The Bertz CT molecular complexity index is 656. The molecule has 0 unspecified atom stereocenters. The van der Waals surface area contributed by atoms with Crippen molar-refractivity contribution in [2.75, 3.05) is 5.32 Å². The molecular weight excluding hydrogens is 336 g/mol. The van der Waals surface area contributed by atoms with Crippen molar-refractivity contribution in [1.82, 2.24) is 0 Å². The van der Waals surface area contributed by atoms with E-state index < -0.39 is 10.8 Å². The highest BCUT2D eigenvalue weighted by atomic mass is 79.9. The van der Waals surface area contributed by atoms with E-state index in [1.165, 1.54) is 29.5 Å². The lowest BCUT2D eigenvalue weighted by Gasteiger charge is -2.06. The monoisotopic (exact) mass is 342 g/mol. The molecule has 2 rings (SSSR count). The van der Waals surface area contributed by atoms with Gasteiger partial charge in [-0.05, 0) is 28.1 Å². The minimum absolute atomic E-state index is 0.208. The van der Waals surface area contributed by atoms with E-state index in [1.807, 2.05) is 0 Å². The lowest BCUT2D eigenvalue weighted by molar-refractivity contribution is -0.384. The van der Waals surface area contributed by atoms with Gasteiger partial charge < -0.3 is 10.4 Å². The topological polar surface area (TPSA) is 92.5 Å². The number of hydrogen-bond donors (Lipinski definition) is 2. The number of phenolic OH excluding ortho intramolecular Hbond substituents is 1. The van der Waals surface area contributed by atoms with E-state index in [4.69, 9.17) is 0 Å². The molecule has 1 aromatic carbocycles. The zero-order valence-corrected chi connectivity index (χ0v) is 11.7. The molecule has 0 saturated carbocycles. The molecule has 0 aliphatic heterocycles. The molecule has 0 spiro atoms. The Kier molecular flexibility index (Phi) is 3.82. The Labute approximate surface area is 120 Å². The van der Waals surface area contributed by atoms with Gasteiger partial charge in [0.25, 0.3) is 11.6 Å². The van der Waals surface area contributed by atoms with Crippen LogP contribution in [0.4, 0.5) is 11.4 Å². The van der Waals surface area contributed by atoms with Crippen LogP contribution in [0.2, 0.25) is 0 Å². The second-order valence-electron chi connectivity index (χ2n) is 3.52. The van der Waals surface area contributed by atoms with Crippen molar-refractivity contribution < 1.29 is 14.8 Å². The summed E-state index contributed by atoms with van der Waals surface area (Å²) in [5, 5.41) is 24.4. The Balaban J connectivity index is 2.33. The number of nitrogens with zero attached hydrogens (tertiary/aromatic N) is 1. The normalized spacial score (nSPS) is 10.2. The van der Waals surface area contributed by atoms with Crippen molar-refractivity contribution in [2.24, 2.45) is 0 Å². The Morgan fingerprint density at radius 2 is 2.21 bits per heavy atom. The van der Waals surface area contributed by atoms with E-state index in [1.54, 1.807) is 11.4 Å². The predicted octanol–water partition coefficient (Wildman–Crippen LogP) is 3.38. The minimum atomic E-state index is -0.668. The molecule has 98 valence electrons. The minimum Gasteiger partial charge on any atom is -0.505 e. The van der Waals surface area contributed by atoms with E-state index in [9.17, 15) is 20.0 Å². The number of hydrogen-bond acceptors (Lipinski definition) is 5. The fourth-order valence-corrected chi connectivity index (χ4v) is 2.56. The number of nitrogens with one attached hydrogen (secondary N) is 1. The summed E-state index contributed by atoms with van der Waals surface area (Å²) in [5.74, 6) is -0.872. The van der Waals surface area contributed by atoms with Gasteiger partial charge in [-0.1, -0.05) is 6.07 Å². The van der Waals surface area contributed by atoms with Crippen molar-refractivity contribution in [2.45, 2.75) is 0 Å². The fraction of sp³-hybridized carbons (Fsp3) is 0. The van der Waals surface area contributed by atoms with Gasteiger partial charge in [0, 0.05) is 11.4 Å². The number of carbonyl (C=O) groups excluding carboxylic acids is 1. The lowest BCUT2D eigenvalue weighted by Crippen LogP contribution is -2.12. The first-order chi connectivity index (χ1) is 8.99. The second-order valence-corrected chi connectivity index (χ2v) is 5.81. The number of benzene rings is 1. The molecular formula is C11H7BrN2O4S. The first-order valence-electron chi connectivity index (χ1n) is 5.01. The first kappa shape index (κ1) is 13.5. The second kappa shape index (κ2) is 5.37. The van der Waals surface area contributed by atoms with Crippen molar-refractivity contribution in [3.8, 4) is 5.75 Å². The van der Waals surface area contributed by atoms with E-state index >= 15 is 0 Å². The molecule has 0 aliphatic rings. The van der Waals surface area contributed by atoms with Crippen LogP contribution < -0.4 is 5.32 Å². The average Bonchev–Trinajstić information content (AvgIpc) is 2.78. The summed E-state index contributed by atoms with van der Waals surface area (Å²) in [6.07, 6.45) is 0. The predicted molar refractivity (Wildman–Crippen MR) is 74.7 cm³/mol. The maximum Gasteiger partial charge on any atom is 0.296 e. The fourth-order valence-electron chi connectivity index (χ4n) is 1.42. The molecule has 2 N–H and O–H groups in total. The van der Waals surface area contributed by atoms with Gasteiger partial charge in [0.05, 0.1) is 14.3 Å². The summed E-state index contributed by atoms with van der Waals surface area (Å²) in [5.41, 5.74) is -0.211. The quantitative estimate of drug-likeness (QED) is 0.508. The van der Waals surface area contributed by atoms with Crippen LogP contribution in [0.5, 0.6) is 5.75 Å². The number of nitro benzene ring substituents is 1. The van der Waals surface area contributed by atoms with Crippen LogP contribution in [0.1, 0.15) is 10.4 Å². The van der Waals surface area contributed by atoms with E-state index in [0.717, 1.165) is 3.79 Å². The lowest BCUT2D eigenvalue weighted by atomic mass is 10.2. The number of nitro groups is 1. The van der Waals surface area contributed by atoms with Crippen LogP contribution in [0.25, 0.3) is 0 Å². The highest BCUT2D eigenvalue weighted by molar-refractivity contribution is 9.11. The molecule has 0 fully saturated rings. The molecule has 0 aliphatic carbocycles. The van der Waals surface area contributed by atoms with Crippen LogP contribution in [-0.4, -0.2) is 15.9 Å². The Hall–Kier alpha value is -1.93. The molecule has 0 bridgehead atoms. The smallest absolute Gasteiger partial charge is 0.296 e. The van der Waals surface area contributed by atoms with Gasteiger partial charge in [0.2, 0.25) is 0 Å². The van der Waals surface area contributed by atoms with Gasteiger partial charge in [0.15, 0.2) is 5.69 Å². The van der Waals surface area contributed by atoms with Crippen LogP contribution in [-0.2, 0) is 0 Å². The number of carbonyl (C=O) groups is 1. The number of halogens is 1. The third-order valence-electron chi connectivity index (χ3n) is 2.29. The summed E-state index contributed by atoms with van der Waals surface area (Å²) < 4.78 is 0.768. The SMILES string of the molecule is O=C(Nc1c(O)cccc1[N+](=O)[O-])c1csc(Br)c1. The largest absolute Gasteiger partial charge is 0.505 e. The maximum absolute atomic E-state index is 11.9. The number of phenols is 1. The number of anilines is 1. The van der Waals surface area contributed by atoms with Gasteiger partial charge in [-0.3, -0.25) is 14.9 Å². The van der Waals surface area contributed by atoms with Crippen LogP contribution in [0.3, 0.4) is 0 Å². The molecule has 2 aromatic rings. The van der Waals surface area contributed by atoms with Crippen LogP contribution >= 0.6 is 27.3 Å². The molecule has 0 atom stereocenters. The van der Waals surface area contributed by atoms with Crippen molar-refractivity contribution >= 4 is 44.5 Å². The highest BCUT2D eigenvalue weighted by Crippen LogP contribution is 2.33. The zero-order valence-electron chi connectivity index (χ0n) is 9.29. The molecule has 0 saturated heterocycles. The maximum atomic E-state index is 11.9. The van der Waals surface area contributed by atoms with Gasteiger partial charge >= 0.3 is 0 Å². The number of thiophene rings is 1. The third-order valence-corrected chi connectivity index (χ3v) is 3.79. The summed E-state index contributed by atoms with van der Waals surface area (Å²) in [4.78, 5) is 22.1. The highest BCUT2D eigenvalue weighted by Gasteiger charge is 2.20. The molecule has 0 radical (unpaired) electrons. The molecule has 1 amide bonds. The Morgan fingerprint density at radius 1 is 1.47 bits per heavy atom. The van der Waals surface area contributed by atoms with Crippen molar-refractivity contribution in [1.29, 1.82) is 0 Å². The summed E-state index contributed by atoms with van der Waals surface area (Å²) in [6.45, 7) is 0. The molecule has 19 heavy (non-hydrogen) atoms. The van der Waals surface area contributed by atoms with E-state index in [0.29, 0.717) is 5.56 Å². The standard InChI is InChI=1S/C11H7BrN2O4S/c12-9-4-6(5-19-9)11(16)13-10-7(14(17)18)2-1-3-8(10)15/h1-5,15H,(H,13,16). The third kappa shape index (κ3) is 2.91. The Morgan fingerprint density at radius 3 is 2.79 bits per heavy atom. The molecule has 6 nitrogen and oxygen atoms in total. The number of aromatic hydroxyl groups is 1. The molecule has 8 heteroatoms. The summed E-state index contributed by atoms with van der Waals surface area (Å²) >= 11 is 4.54. The summed E-state index contributed by atoms with van der Waals surface area (Å²) in [7, 11) is 0. The van der Waals surface area contributed by atoms with Crippen LogP contribution in [0.15, 0.2) is 33.4 Å². The molecule has 1 heterocycles. The first-order valence-corrected chi connectivity index (χ1v) is 6.68. The van der Waals surface area contributed by atoms with Crippen molar-refractivity contribution in [3.05, 3.63) is 49.1 Å². The van der Waals surface area contributed by atoms with E-state index in [2.05, 4.69) is 21.2 Å². The van der Waals surface area contributed by atoms with Gasteiger partial charge in [-0.15, -0.1) is 11.3 Å².